The van der Waals surface area contributed by atoms with Crippen molar-refractivity contribution >= 4 is 11.6 Å². The van der Waals surface area contributed by atoms with E-state index in [9.17, 15) is 13.6 Å². The molecule has 2 unspecified atom stereocenters. The van der Waals surface area contributed by atoms with Crippen LogP contribution in [0.5, 0.6) is 0 Å². The molecule has 2 aromatic heterocycles. The van der Waals surface area contributed by atoms with E-state index >= 15 is 0 Å². The molecular weight excluding hydrogens is 442 g/mol. The van der Waals surface area contributed by atoms with Gasteiger partial charge in [0.15, 0.2) is 0 Å². The number of hydrogen-bond donors (Lipinski definition) is 2. The molecule has 0 spiro atoms. The van der Waals surface area contributed by atoms with Crippen molar-refractivity contribution < 1.29 is 18.3 Å². The van der Waals surface area contributed by atoms with E-state index < -0.39 is 17.5 Å². The highest BCUT2D eigenvalue weighted by Crippen LogP contribution is 2.41. The van der Waals surface area contributed by atoms with E-state index in [1.54, 1.807) is 6.07 Å². The van der Waals surface area contributed by atoms with Crippen molar-refractivity contribution in [2.24, 2.45) is 5.84 Å². The Morgan fingerprint density at radius 2 is 2.03 bits per heavy atom. The second kappa shape index (κ2) is 8.77. The third-order valence-corrected chi connectivity index (χ3v) is 6.43. The van der Waals surface area contributed by atoms with Gasteiger partial charge in [0.05, 0.1) is 35.3 Å². The number of carbonyl (C=O) groups excluding carboxylic acids is 1. The van der Waals surface area contributed by atoms with Gasteiger partial charge in [-0.1, -0.05) is 0 Å². The van der Waals surface area contributed by atoms with Crippen LogP contribution in [0.4, 0.5) is 14.5 Å². The predicted molar refractivity (Wildman–Crippen MR) is 121 cm³/mol. The summed E-state index contributed by atoms with van der Waals surface area (Å²) in [5.41, 5.74) is 8.05. The van der Waals surface area contributed by atoms with Gasteiger partial charge in [-0.2, -0.15) is 5.10 Å². The number of aromatic nitrogens is 3. The van der Waals surface area contributed by atoms with Crippen molar-refractivity contribution in [2.45, 2.75) is 43.7 Å². The quantitative estimate of drug-likeness (QED) is 0.335. The van der Waals surface area contributed by atoms with Gasteiger partial charge in [-0.05, 0) is 43.9 Å². The zero-order chi connectivity index (χ0) is 24.0. The number of anilines is 1. The van der Waals surface area contributed by atoms with E-state index in [0.29, 0.717) is 31.2 Å². The van der Waals surface area contributed by atoms with Crippen molar-refractivity contribution in [3.05, 3.63) is 65.1 Å². The maximum absolute atomic E-state index is 14.7. The number of hydrazine groups is 1. The summed E-state index contributed by atoms with van der Waals surface area (Å²) in [6.07, 6.45) is 7.25. The summed E-state index contributed by atoms with van der Waals surface area (Å²) >= 11 is 0. The van der Waals surface area contributed by atoms with Crippen molar-refractivity contribution in [3.63, 3.8) is 0 Å². The van der Waals surface area contributed by atoms with E-state index in [1.165, 1.54) is 13.1 Å². The molecule has 1 aliphatic carbocycles. The van der Waals surface area contributed by atoms with Crippen molar-refractivity contribution in [2.75, 3.05) is 19.4 Å². The fourth-order valence-corrected chi connectivity index (χ4v) is 4.39. The molecule has 1 aliphatic heterocycles. The largest absolute Gasteiger partial charge is 0.396 e. The molecule has 1 saturated carbocycles. The number of carbonyl (C=O) groups is 1. The molecular formula is C24H26F2N6O2. The van der Waals surface area contributed by atoms with Crippen LogP contribution in [0.25, 0.3) is 11.3 Å². The van der Waals surface area contributed by atoms with Crippen molar-refractivity contribution in [1.82, 2.24) is 19.8 Å². The molecule has 3 aromatic rings. The lowest BCUT2D eigenvalue weighted by atomic mass is 9.88. The number of amides is 1. The molecule has 10 heteroatoms. The molecule has 34 heavy (non-hydrogen) atoms. The smallest absolute Gasteiger partial charge is 0.269 e. The topological polar surface area (TPSA) is 112 Å². The lowest BCUT2D eigenvalue weighted by Crippen LogP contribution is -2.34. The van der Waals surface area contributed by atoms with Crippen LogP contribution in [0.15, 0.2) is 36.7 Å². The van der Waals surface area contributed by atoms with Gasteiger partial charge in [-0.15, -0.1) is 0 Å². The molecule has 8 nitrogen and oxygen atoms in total. The average Bonchev–Trinajstić information content (AvgIpc) is 3.55. The van der Waals surface area contributed by atoms with Crippen LogP contribution in [0, 0.1) is 11.6 Å². The molecule has 4 N–H and O–H groups in total. The Hall–Kier alpha value is -3.37. The first-order chi connectivity index (χ1) is 16.3. The number of nitrogens with two attached hydrogens (primary N) is 2. The Kier molecular flexibility index (Phi) is 5.78. The molecule has 0 bridgehead atoms. The van der Waals surface area contributed by atoms with Gasteiger partial charge >= 0.3 is 0 Å². The van der Waals surface area contributed by atoms with Crippen molar-refractivity contribution in [1.29, 1.82) is 0 Å². The Balaban J connectivity index is 1.53. The number of rotatable bonds is 5. The zero-order valence-electron chi connectivity index (χ0n) is 18.7. The third kappa shape index (κ3) is 4.26. The van der Waals surface area contributed by atoms with Crippen LogP contribution in [-0.4, -0.2) is 39.3 Å². The standard InChI is InChI=1S/C24H26F2N6O2/c1-31(28)24(33)18-10-20(30-23(22(18)27)17-5-2-15(25)9-19(17)26)13-6-7-34-21(8-13)14-11-29-32(12-14)16-3-4-16/h2,5,9-13,16,21H,3-4,6-8,27-28H2,1H3. The Bertz CT molecular complexity index is 1240. The highest BCUT2D eigenvalue weighted by Gasteiger charge is 2.31. The maximum Gasteiger partial charge on any atom is 0.269 e. The first-order valence-electron chi connectivity index (χ1n) is 11.3. The summed E-state index contributed by atoms with van der Waals surface area (Å²) < 4.78 is 36.2. The average molecular weight is 469 g/mol. The molecule has 1 amide bonds. The number of nitrogen functional groups attached to an aromatic ring is 1. The number of nitrogens with zero attached hydrogens (tertiary/aromatic N) is 4. The van der Waals surface area contributed by atoms with Crippen LogP contribution in [0.3, 0.4) is 0 Å². The lowest BCUT2D eigenvalue weighted by molar-refractivity contribution is 0.00460. The molecule has 1 aromatic carbocycles. The minimum Gasteiger partial charge on any atom is -0.396 e. The van der Waals surface area contributed by atoms with E-state index in [0.717, 1.165) is 35.5 Å². The molecule has 1 saturated heterocycles. The molecule has 5 rings (SSSR count). The molecule has 178 valence electrons. The van der Waals surface area contributed by atoms with E-state index in [1.807, 2.05) is 17.1 Å². The normalized spacial score (nSPS) is 20.4. The van der Waals surface area contributed by atoms with Crippen LogP contribution in [0.1, 0.15) is 65.4 Å². The summed E-state index contributed by atoms with van der Waals surface area (Å²) in [5, 5.41) is 5.37. The van der Waals surface area contributed by atoms with E-state index in [-0.39, 0.29) is 34.5 Å². The summed E-state index contributed by atoms with van der Waals surface area (Å²) in [6, 6.07) is 5.26. The Morgan fingerprint density at radius 3 is 2.74 bits per heavy atom. The van der Waals surface area contributed by atoms with Gasteiger partial charge in [0, 0.05) is 48.7 Å². The van der Waals surface area contributed by atoms with Gasteiger partial charge in [0.25, 0.3) is 5.91 Å². The van der Waals surface area contributed by atoms with Gasteiger partial charge < -0.3 is 10.5 Å². The van der Waals surface area contributed by atoms with Crippen LogP contribution < -0.4 is 11.6 Å². The van der Waals surface area contributed by atoms with E-state index in [4.69, 9.17) is 16.3 Å². The summed E-state index contributed by atoms with van der Waals surface area (Å²) in [4.78, 5) is 17.4. The first-order valence-corrected chi connectivity index (χ1v) is 11.3. The first kappa shape index (κ1) is 22.4. The van der Waals surface area contributed by atoms with Crippen LogP contribution >= 0.6 is 0 Å². The van der Waals surface area contributed by atoms with Crippen LogP contribution in [0.2, 0.25) is 0 Å². The molecule has 0 radical (unpaired) electrons. The number of pyridine rings is 1. The minimum atomic E-state index is -0.812. The lowest BCUT2D eigenvalue weighted by Gasteiger charge is -2.29. The highest BCUT2D eigenvalue weighted by atomic mass is 19.1. The van der Waals surface area contributed by atoms with E-state index in [2.05, 4.69) is 10.1 Å². The Labute approximate surface area is 195 Å². The third-order valence-electron chi connectivity index (χ3n) is 6.43. The molecule has 3 heterocycles. The van der Waals surface area contributed by atoms with Gasteiger partial charge in [0.2, 0.25) is 0 Å². The summed E-state index contributed by atoms with van der Waals surface area (Å²) in [6.45, 7) is 0.496. The van der Waals surface area contributed by atoms with Gasteiger partial charge in [-0.25, -0.2) is 14.6 Å². The van der Waals surface area contributed by atoms with Gasteiger partial charge in [0.1, 0.15) is 11.6 Å². The number of hydrogen-bond acceptors (Lipinski definition) is 6. The second-order valence-electron chi connectivity index (χ2n) is 8.96. The molecule has 2 atom stereocenters. The number of ether oxygens (including phenoxy) is 1. The number of halogens is 2. The molecule has 2 aliphatic rings. The fraction of sp³-hybridized carbons (Fsp3) is 0.375. The summed E-state index contributed by atoms with van der Waals surface area (Å²) in [7, 11) is 1.40. The fourth-order valence-electron chi connectivity index (χ4n) is 4.39. The monoisotopic (exact) mass is 468 g/mol. The number of benzene rings is 1. The SMILES string of the molecule is CN(N)C(=O)c1cc(C2CCOC(c3cnn(C4CC4)c3)C2)nc(-c2ccc(F)cc2F)c1N. The maximum atomic E-state index is 14.7. The minimum absolute atomic E-state index is 0.00845. The zero-order valence-corrected chi connectivity index (χ0v) is 18.7. The van der Waals surface area contributed by atoms with Gasteiger partial charge in [-0.3, -0.25) is 19.5 Å². The van der Waals surface area contributed by atoms with Crippen molar-refractivity contribution in [3.8, 4) is 11.3 Å². The second-order valence-corrected chi connectivity index (χ2v) is 8.96. The Morgan fingerprint density at radius 1 is 1.24 bits per heavy atom. The molecule has 2 fully saturated rings. The summed E-state index contributed by atoms with van der Waals surface area (Å²) in [5.74, 6) is 3.56. The van der Waals surface area contributed by atoms with Crippen LogP contribution in [-0.2, 0) is 4.74 Å². The highest BCUT2D eigenvalue weighted by molar-refractivity contribution is 6.01. The predicted octanol–water partition coefficient (Wildman–Crippen LogP) is 3.72.